The summed E-state index contributed by atoms with van der Waals surface area (Å²) in [5, 5.41) is 3.60. The predicted octanol–water partition coefficient (Wildman–Crippen LogP) is 4.64. The lowest BCUT2D eigenvalue weighted by Gasteiger charge is -2.05. The van der Waals surface area contributed by atoms with Gasteiger partial charge in [-0.1, -0.05) is 5.16 Å². The molecule has 4 rings (SSSR count). The van der Waals surface area contributed by atoms with Crippen LogP contribution in [-0.2, 0) is 0 Å². The van der Waals surface area contributed by atoms with Gasteiger partial charge in [-0.3, -0.25) is 9.78 Å². The van der Waals surface area contributed by atoms with E-state index < -0.39 is 35.2 Å². The summed E-state index contributed by atoms with van der Waals surface area (Å²) < 4.78 is 58.0. The Morgan fingerprint density at radius 1 is 0.967 bits per heavy atom. The van der Waals surface area contributed by atoms with Gasteiger partial charge in [-0.05, 0) is 30.3 Å². The van der Waals surface area contributed by atoms with Crippen molar-refractivity contribution in [3.05, 3.63) is 83.6 Å². The number of carbonyl (C=O) groups excluding carboxylic acids is 1. The SMILES string of the molecule is O=C(c1cccnc1)c1c(-c2cnc(-c3ccc(F)c(F)c3)nc2)noc1C(F)F. The second-order valence-corrected chi connectivity index (χ2v) is 6.07. The molecule has 0 aliphatic heterocycles. The summed E-state index contributed by atoms with van der Waals surface area (Å²) in [4.78, 5) is 24.7. The van der Waals surface area contributed by atoms with Gasteiger partial charge in [0.05, 0.1) is 5.56 Å². The Morgan fingerprint density at radius 2 is 1.73 bits per heavy atom. The second-order valence-electron chi connectivity index (χ2n) is 6.07. The zero-order valence-corrected chi connectivity index (χ0v) is 14.9. The molecule has 3 heterocycles. The number of rotatable bonds is 5. The van der Waals surface area contributed by atoms with E-state index in [0.29, 0.717) is 0 Å². The van der Waals surface area contributed by atoms with Crippen LogP contribution in [0.3, 0.4) is 0 Å². The molecule has 0 fully saturated rings. The number of benzene rings is 1. The van der Waals surface area contributed by atoms with Crippen LogP contribution in [-0.4, -0.2) is 25.9 Å². The third-order valence-electron chi connectivity index (χ3n) is 4.17. The Morgan fingerprint density at radius 3 is 2.37 bits per heavy atom. The van der Waals surface area contributed by atoms with E-state index in [-0.39, 0.29) is 28.2 Å². The monoisotopic (exact) mass is 414 g/mol. The lowest BCUT2D eigenvalue weighted by atomic mass is 10.00. The molecule has 4 aromatic rings. The molecular formula is C20H10F4N4O2. The molecule has 30 heavy (non-hydrogen) atoms. The molecule has 0 N–H and O–H groups in total. The van der Waals surface area contributed by atoms with Crippen molar-refractivity contribution < 1.29 is 26.9 Å². The predicted molar refractivity (Wildman–Crippen MR) is 95.5 cm³/mol. The third kappa shape index (κ3) is 3.54. The maximum Gasteiger partial charge on any atom is 0.298 e. The zero-order chi connectivity index (χ0) is 21.3. The van der Waals surface area contributed by atoms with Crippen molar-refractivity contribution in [3.8, 4) is 22.6 Å². The smallest absolute Gasteiger partial charge is 0.298 e. The normalized spacial score (nSPS) is 11.1. The Balaban J connectivity index is 1.75. The number of ketones is 1. The van der Waals surface area contributed by atoms with Crippen LogP contribution in [0.4, 0.5) is 17.6 Å². The molecule has 0 bridgehead atoms. The maximum atomic E-state index is 13.4. The van der Waals surface area contributed by atoms with Crippen molar-refractivity contribution in [1.29, 1.82) is 0 Å². The highest BCUT2D eigenvalue weighted by Gasteiger charge is 2.30. The van der Waals surface area contributed by atoms with Gasteiger partial charge < -0.3 is 4.52 Å². The first-order valence-corrected chi connectivity index (χ1v) is 8.46. The maximum absolute atomic E-state index is 13.4. The highest BCUT2D eigenvalue weighted by Crippen LogP contribution is 2.33. The first kappa shape index (κ1) is 19.4. The molecule has 10 heteroatoms. The number of alkyl halides is 2. The standard InChI is InChI=1S/C20H10F4N4O2/c21-13-4-3-10(6-14(13)22)20-26-8-12(9-27-20)16-15(18(19(23)24)30-28-16)17(29)11-2-1-5-25-7-11/h1-9,19H. The van der Waals surface area contributed by atoms with E-state index >= 15 is 0 Å². The number of halogens is 4. The quantitative estimate of drug-likeness (QED) is 0.350. The fourth-order valence-electron chi connectivity index (χ4n) is 2.74. The van der Waals surface area contributed by atoms with E-state index in [2.05, 4.69) is 20.1 Å². The van der Waals surface area contributed by atoms with Crippen LogP contribution in [0.15, 0.2) is 59.6 Å². The van der Waals surface area contributed by atoms with E-state index in [1.807, 2.05) is 0 Å². The molecule has 0 spiro atoms. The van der Waals surface area contributed by atoms with Gasteiger partial charge in [0.25, 0.3) is 6.43 Å². The van der Waals surface area contributed by atoms with E-state index in [0.717, 1.165) is 12.1 Å². The van der Waals surface area contributed by atoms with Gasteiger partial charge in [-0.2, -0.15) is 0 Å². The van der Waals surface area contributed by atoms with E-state index in [4.69, 9.17) is 4.52 Å². The summed E-state index contributed by atoms with van der Waals surface area (Å²) in [7, 11) is 0. The largest absolute Gasteiger partial charge is 0.354 e. The number of hydrogen-bond donors (Lipinski definition) is 0. The van der Waals surface area contributed by atoms with Crippen LogP contribution in [0.1, 0.15) is 28.1 Å². The zero-order valence-electron chi connectivity index (χ0n) is 14.9. The van der Waals surface area contributed by atoms with Gasteiger partial charge in [0, 0.05) is 41.5 Å². The van der Waals surface area contributed by atoms with E-state index in [9.17, 15) is 22.4 Å². The highest BCUT2D eigenvalue weighted by molar-refractivity contribution is 6.12. The van der Waals surface area contributed by atoms with Gasteiger partial charge in [0.15, 0.2) is 17.5 Å². The minimum atomic E-state index is -3.08. The van der Waals surface area contributed by atoms with Crippen LogP contribution < -0.4 is 0 Å². The Kier molecular flexibility index (Phi) is 5.05. The minimum absolute atomic E-state index is 0.0652. The number of pyridine rings is 1. The summed E-state index contributed by atoms with van der Waals surface area (Å²) in [5.74, 6) is -3.66. The van der Waals surface area contributed by atoms with Crippen LogP contribution >= 0.6 is 0 Å². The molecule has 1 aromatic carbocycles. The Bertz CT molecular complexity index is 1210. The molecule has 0 atom stereocenters. The fourth-order valence-corrected chi connectivity index (χ4v) is 2.74. The topological polar surface area (TPSA) is 81.8 Å². The first-order chi connectivity index (χ1) is 14.5. The van der Waals surface area contributed by atoms with Crippen LogP contribution in [0.25, 0.3) is 22.6 Å². The molecule has 0 amide bonds. The van der Waals surface area contributed by atoms with Crippen molar-refractivity contribution in [1.82, 2.24) is 20.1 Å². The molecule has 6 nitrogen and oxygen atoms in total. The second kappa shape index (κ2) is 7.82. The molecule has 0 aliphatic carbocycles. The van der Waals surface area contributed by atoms with Gasteiger partial charge in [0.2, 0.25) is 11.5 Å². The van der Waals surface area contributed by atoms with Crippen molar-refractivity contribution in [2.45, 2.75) is 6.43 Å². The first-order valence-electron chi connectivity index (χ1n) is 8.46. The summed E-state index contributed by atoms with van der Waals surface area (Å²) >= 11 is 0. The number of aromatic nitrogens is 4. The number of carbonyl (C=O) groups is 1. The Hall–Kier alpha value is -3.95. The average Bonchev–Trinajstić information content (AvgIpc) is 3.21. The van der Waals surface area contributed by atoms with Crippen molar-refractivity contribution >= 4 is 5.78 Å². The van der Waals surface area contributed by atoms with Crippen molar-refractivity contribution in [3.63, 3.8) is 0 Å². The summed E-state index contributed by atoms with van der Waals surface area (Å²) in [6.45, 7) is 0. The number of nitrogens with zero attached hydrogens (tertiary/aromatic N) is 4. The van der Waals surface area contributed by atoms with Crippen molar-refractivity contribution in [2.75, 3.05) is 0 Å². The molecule has 150 valence electrons. The molecular weight excluding hydrogens is 404 g/mol. The molecule has 0 saturated heterocycles. The summed E-state index contributed by atoms with van der Waals surface area (Å²) in [5.41, 5.74) is -0.189. The minimum Gasteiger partial charge on any atom is -0.354 e. The van der Waals surface area contributed by atoms with Gasteiger partial charge in [0.1, 0.15) is 5.69 Å². The van der Waals surface area contributed by atoms with Gasteiger partial charge in [-0.15, -0.1) is 0 Å². The lowest BCUT2D eigenvalue weighted by Crippen LogP contribution is -2.06. The van der Waals surface area contributed by atoms with Crippen LogP contribution in [0.2, 0.25) is 0 Å². The van der Waals surface area contributed by atoms with E-state index in [1.165, 1.54) is 43.0 Å². The molecule has 0 radical (unpaired) electrons. The lowest BCUT2D eigenvalue weighted by molar-refractivity contribution is 0.0975. The summed E-state index contributed by atoms with van der Waals surface area (Å²) in [6, 6.07) is 6.05. The van der Waals surface area contributed by atoms with E-state index in [1.54, 1.807) is 0 Å². The molecule has 0 aliphatic rings. The van der Waals surface area contributed by atoms with Crippen LogP contribution in [0, 0.1) is 11.6 Å². The molecule has 0 unspecified atom stereocenters. The Labute approximate surface area is 166 Å². The van der Waals surface area contributed by atoms with Crippen molar-refractivity contribution in [2.24, 2.45) is 0 Å². The van der Waals surface area contributed by atoms with Crippen LogP contribution in [0.5, 0.6) is 0 Å². The molecule has 0 saturated carbocycles. The highest BCUT2D eigenvalue weighted by atomic mass is 19.3. The third-order valence-corrected chi connectivity index (χ3v) is 4.17. The van der Waals surface area contributed by atoms with Gasteiger partial charge in [-0.25, -0.2) is 27.5 Å². The number of hydrogen-bond acceptors (Lipinski definition) is 6. The average molecular weight is 414 g/mol. The molecule has 3 aromatic heterocycles. The fraction of sp³-hybridized carbons (Fsp3) is 0.0500. The summed E-state index contributed by atoms with van der Waals surface area (Å²) in [6.07, 6.45) is 2.03. The van der Waals surface area contributed by atoms with Gasteiger partial charge >= 0.3 is 0 Å².